The first-order valence-corrected chi connectivity index (χ1v) is 7.75. The Morgan fingerprint density at radius 2 is 1.75 bits per heavy atom. The van der Waals surface area contributed by atoms with Gasteiger partial charge in [-0.25, -0.2) is 0 Å². The van der Waals surface area contributed by atoms with E-state index in [-0.39, 0.29) is 5.41 Å². The molecule has 0 aliphatic carbocycles. The van der Waals surface area contributed by atoms with Crippen LogP contribution in [0.2, 0.25) is 0 Å². The summed E-state index contributed by atoms with van der Waals surface area (Å²) in [7, 11) is 0. The summed E-state index contributed by atoms with van der Waals surface area (Å²) in [6.45, 7) is 9.71. The highest BCUT2D eigenvalue weighted by atomic mass is 79.9. The molecule has 0 aliphatic rings. The average Bonchev–Trinajstić information content (AvgIpc) is 2.39. The van der Waals surface area contributed by atoms with Crippen molar-refractivity contribution in [1.82, 2.24) is 0 Å². The van der Waals surface area contributed by atoms with E-state index in [4.69, 9.17) is 0 Å². The quantitative estimate of drug-likeness (QED) is 0.764. The number of halogens is 1. The average molecular weight is 332 g/mol. The smallest absolute Gasteiger partial charge is 0.0400 e. The van der Waals surface area contributed by atoms with E-state index >= 15 is 0 Å². The first-order valence-electron chi connectivity index (χ1n) is 6.96. The van der Waals surface area contributed by atoms with E-state index in [0.29, 0.717) is 0 Å². The molecule has 0 saturated carbocycles. The molecule has 0 heterocycles. The summed E-state index contributed by atoms with van der Waals surface area (Å²) in [5, 5.41) is 3.57. The first-order chi connectivity index (χ1) is 9.38. The van der Waals surface area contributed by atoms with Crippen molar-refractivity contribution in [3.8, 4) is 0 Å². The molecule has 0 bridgehead atoms. The van der Waals surface area contributed by atoms with Crippen molar-refractivity contribution in [2.45, 2.75) is 39.7 Å². The van der Waals surface area contributed by atoms with Crippen LogP contribution in [0.15, 0.2) is 46.9 Å². The fourth-order valence-corrected chi connectivity index (χ4v) is 2.55. The monoisotopic (exact) mass is 331 g/mol. The van der Waals surface area contributed by atoms with Crippen molar-refractivity contribution >= 4 is 21.6 Å². The Morgan fingerprint density at radius 1 is 1.05 bits per heavy atom. The number of aryl methyl sites for hydroxylation is 1. The lowest BCUT2D eigenvalue weighted by Crippen LogP contribution is -2.14. The van der Waals surface area contributed by atoms with E-state index in [1.54, 1.807) is 0 Å². The number of benzene rings is 2. The molecule has 0 atom stereocenters. The van der Waals surface area contributed by atoms with Gasteiger partial charge in [0.1, 0.15) is 0 Å². The van der Waals surface area contributed by atoms with Crippen LogP contribution < -0.4 is 5.32 Å². The van der Waals surface area contributed by atoms with Gasteiger partial charge in [-0.15, -0.1) is 0 Å². The topological polar surface area (TPSA) is 12.0 Å². The van der Waals surface area contributed by atoms with Crippen LogP contribution in [0.25, 0.3) is 0 Å². The predicted octanol–water partition coefficient (Wildman–Crippen LogP) is 5.67. The lowest BCUT2D eigenvalue weighted by molar-refractivity contribution is 0.591. The molecule has 0 aromatic heterocycles. The Balaban J connectivity index is 2.17. The van der Waals surface area contributed by atoms with Crippen molar-refractivity contribution in [3.05, 3.63) is 63.6 Å². The van der Waals surface area contributed by atoms with Gasteiger partial charge in [-0.05, 0) is 41.2 Å². The minimum Gasteiger partial charge on any atom is -0.381 e. The van der Waals surface area contributed by atoms with Crippen molar-refractivity contribution in [1.29, 1.82) is 0 Å². The minimum atomic E-state index is 0.152. The zero-order valence-corrected chi connectivity index (χ0v) is 14.2. The molecule has 0 saturated heterocycles. The maximum atomic E-state index is 3.57. The van der Waals surface area contributed by atoms with Crippen molar-refractivity contribution < 1.29 is 0 Å². The van der Waals surface area contributed by atoms with Gasteiger partial charge >= 0.3 is 0 Å². The zero-order chi connectivity index (χ0) is 14.8. The van der Waals surface area contributed by atoms with Crippen LogP contribution in [-0.4, -0.2) is 0 Å². The SMILES string of the molecule is Cc1cc(CNc2ccccc2C(C)(C)C)ccc1Br. The number of hydrogen-bond donors (Lipinski definition) is 1. The van der Waals surface area contributed by atoms with Gasteiger partial charge in [0, 0.05) is 16.7 Å². The molecular weight excluding hydrogens is 310 g/mol. The Morgan fingerprint density at radius 3 is 2.40 bits per heavy atom. The second kappa shape index (κ2) is 6.01. The summed E-state index contributed by atoms with van der Waals surface area (Å²) >= 11 is 3.54. The second-order valence-electron chi connectivity index (χ2n) is 6.23. The van der Waals surface area contributed by atoms with Gasteiger partial charge in [-0.2, -0.15) is 0 Å². The molecule has 0 aliphatic heterocycles. The third kappa shape index (κ3) is 3.63. The van der Waals surface area contributed by atoms with Crippen LogP contribution in [0.5, 0.6) is 0 Å². The van der Waals surface area contributed by atoms with Gasteiger partial charge in [-0.3, -0.25) is 0 Å². The van der Waals surface area contributed by atoms with Crippen LogP contribution in [0, 0.1) is 6.92 Å². The lowest BCUT2D eigenvalue weighted by atomic mass is 9.86. The maximum Gasteiger partial charge on any atom is 0.0400 e. The number of rotatable bonds is 3. The highest BCUT2D eigenvalue weighted by Gasteiger charge is 2.17. The van der Waals surface area contributed by atoms with Gasteiger partial charge < -0.3 is 5.32 Å². The Bertz CT molecular complexity index is 597. The van der Waals surface area contributed by atoms with Gasteiger partial charge in [0.2, 0.25) is 0 Å². The number of hydrogen-bond acceptors (Lipinski definition) is 1. The fourth-order valence-electron chi connectivity index (χ4n) is 2.31. The molecule has 20 heavy (non-hydrogen) atoms. The van der Waals surface area contributed by atoms with E-state index in [2.05, 4.69) is 91.4 Å². The summed E-state index contributed by atoms with van der Waals surface area (Å²) in [4.78, 5) is 0. The van der Waals surface area contributed by atoms with E-state index in [1.165, 1.54) is 22.4 Å². The van der Waals surface area contributed by atoms with Crippen LogP contribution in [0.3, 0.4) is 0 Å². The first kappa shape index (κ1) is 15.1. The number of anilines is 1. The lowest BCUT2D eigenvalue weighted by Gasteiger charge is -2.23. The highest BCUT2D eigenvalue weighted by Crippen LogP contribution is 2.29. The van der Waals surface area contributed by atoms with E-state index < -0.39 is 0 Å². The molecule has 0 radical (unpaired) electrons. The van der Waals surface area contributed by atoms with E-state index in [0.717, 1.165) is 11.0 Å². The summed E-state index contributed by atoms with van der Waals surface area (Å²) in [6, 6.07) is 15.0. The van der Waals surface area contributed by atoms with Gasteiger partial charge in [-0.1, -0.05) is 67.0 Å². The standard InChI is InChI=1S/C18H22BrN/c1-13-11-14(9-10-16(13)19)12-20-17-8-6-5-7-15(17)18(2,3)4/h5-11,20H,12H2,1-4H3. The third-order valence-corrected chi connectivity index (χ3v) is 4.33. The molecule has 2 rings (SSSR count). The minimum absolute atomic E-state index is 0.152. The molecular formula is C18H22BrN. The molecule has 1 nitrogen and oxygen atoms in total. The molecule has 0 unspecified atom stereocenters. The Labute approximate surface area is 130 Å². The molecule has 2 aromatic carbocycles. The molecule has 106 valence electrons. The third-order valence-electron chi connectivity index (χ3n) is 3.44. The number of nitrogens with one attached hydrogen (secondary N) is 1. The van der Waals surface area contributed by atoms with Crippen molar-refractivity contribution in [3.63, 3.8) is 0 Å². The van der Waals surface area contributed by atoms with Crippen molar-refractivity contribution in [2.24, 2.45) is 0 Å². The summed E-state index contributed by atoms with van der Waals surface area (Å²) in [5.41, 5.74) is 5.30. The molecule has 0 amide bonds. The molecule has 2 heteroatoms. The molecule has 0 spiro atoms. The van der Waals surface area contributed by atoms with Crippen LogP contribution in [0.1, 0.15) is 37.5 Å². The summed E-state index contributed by atoms with van der Waals surface area (Å²) in [5.74, 6) is 0. The largest absolute Gasteiger partial charge is 0.381 e. The second-order valence-corrected chi connectivity index (χ2v) is 7.09. The van der Waals surface area contributed by atoms with E-state index in [1.807, 2.05) is 0 Å². The predicted molar refractivity (Wildman–Crippen MR) is 91.3 cm³/mol. The van der Waals surface area contributed by atoms with Crippen LogP contribution in [-0.2, 0) is 12.0 Å². The Hall–Kier alpha value is -1.28. The van der Waals surface area contributed by atoms with Crippen LogP contribution in [0.4, 0.5) is 5.69 Å². The van der Waals surface area contributed by atoms with Gasteiger partial charge in [0.25, 0.3) is 0 Å². The molecule has 1 N–H and O–H groups in total. The molecule has 2 aromatic rings. The van der Waals surface area contributed by atoms with Crippen molar-refractivity contribution in [2.75, 3.05) is 5.32 Å². The van der Waals surface area contributed by atoms with Crippen LogP contribution >= 0.6 is 15.9 Å². The van der Waals surface area contributed by atoms with Gasteiger partial charge in [0.05, 0.1) is 0 Å². The maximum absolute atomic E-state index is 3.57. The Kier molecular flexibility index (Phi) is 4.54. The molecule has 0 fully saturated rings. The zero-order valence-electron chi connectivity index (χ0n) is 12.6. The summed E-state index contributed by atoms with van der Waals surface area (Å²) < 4.78 is 1.16. The highest BCUT2D eigenvalue weighted by molar-refractivity contribution is 9.10. The van der Waals surface area contributed by atoms with Gasteiger partial charge in [0.15, 0.2) is 0 Å². The normalized spacial score (nSPS) is 11.4. The summed E-state index contributed by atoms with van der Waals surface area (Å²) in [6.07, 6.45) is 0. The van der Waals surface area contributed by atoms with E-state index in [9.17, 15) is 0 Å². The fraction of sp³-hybridized carbons (Fsp3) is 0.333. The number of para-hydroxylation sites is 1.